The molecule has 2 fully saturated rings. The second-order valence-electron chi connectivity index (χ2n) is 10.7. The summed E-state index contributed by atoms with van der Waals surface area (Å²) in [5, 5.41) is 0. The minimum Gasteiger partial charge on any atom is -0.374 e. The lowest BCUT2D eigenvalue weighted by Gasteiger charge is -2.41. The number of carbonyl (C=O) groups is 1. The molecule has 39 heavy (non-hydrogen) atoms. The molecule has 0 spiro atoms. The number of ether oxygens (including phenoxy) is 1. The summed E-state index contributed by atoms with van der Waals surface area (Å²) in [5.41, 5.74) is -1.18. The van der Waals surface area contributed by atoms with E-state index in [1.165, 1.54) is 19.1 Å². The first kappa shape index (κ1) is 27.7. The second-order valence-corrected chi connectivity index (χ2v) is 10.7. The number of likely N-dealkylation sites (tertiary alicyclic amines) is 1. The number of hydrogen-bond donors (Lipinski definition) is 0. The van der Waals surface area contributed by atoms with Crippen molar-refractivity contribution in [2.75, 3.05) is 13.1 Å². The molecule has 1 saturated carbocycles. The van der Waals surface area contributed by atoms with Gasteiger partial charge in [0.2, 0.25) is 0 Å². The highest BCUT2D eigenvalue weighted by molar-refractivity contribution is 5.92. The number of rotatable bonds is 5. The number of alkyl halides is 6. The first-order chi connectivity index (χ1) is 18.3. The lowest BCUT2D eigenvalue weighted by Crippen LogP contribution is -2.38. The van der Waals surface area contributed by atoms with E-state index in [0.717, 1.165) is 24.2 Å². The van der Waals surface area contributed by atoms with E-state index in [2.05, 4.69) is 4.90 Å². The Morgan fingerprint density at radius 2 is 1.54 bits per heavy atom. The summed E-state index contributed by atoms with van der Waals surface area (Å²) in [5.74, 6) is -0.252. The number of benzene rings is 2. The predicted octanol–water partition coefficient (Wildman–Crippen LogP) is 7.68. The Hall–Kier alpha value is -2.88. The maximum Gasteiger partial charge on any atom is 0.416 e. The topological polar surface area (TPSA) is 29.5 Å². The Bertz CT molecular complexity index is 1220. The second kappa shape index (κ2) is 10.3. The molecule has 3 aliphatic rings. The summed E-state index contributed by atoms with van der Waals surface area (Å²) in [6.45, 7) is 2.85. The van der Waals surface area contributed by atoms with Crippen molar-refractivity contribution in [2.24, 2.45) is 11.8 Å². The highest BCUT2D eigenvalue weighted by Gasteiger charge is 2.47. The fraction of sp³-hybridized carbons (Fsp3) is 0.483. The zero-order valence-electron chi connectivity index (χ0n) is 21.2. The van der Waals surface area contributed by atoms with E-state index in [4.69, 9.17) is 4.74 Å². The van der Waals surface area contributed by atoms with E-state index in [1.807, 2.05) is 0 Å². The van der Waals surface area contributed by atoms with Gasteiger partial charge in [-0.3, -0.25) is 4.79 Å². The molecule has 2 aromatic carbocycles. The van der Waals surface area contributed by atoms with Crippen molar-refractivity contribution in [3.8, 4) is 0 Å². The molecule has 1 heterocycles. The lowest BCUT2D eigenvalue weighted by atomic mass is 9.69. The van der Waals surface area contributed by atoms with Crippen LogP contribution in [0, 0.1) is 17.7 Å². The van der Waals surface area contributed by atoms with Crippen molar-refractivity contribution in [1.29, 1.82) is 0 Å². The Balaban J connectivity index is 1.45. The van der Waals surface area contributed by atoms with E-state index in [1.54, 1.807) is 18.2 Å². The summed E-state index contributed by atoms with van der Waals surface area (Å²) in [6, 6.07) is 7.53. The Labute approximate surface area is 221 Å². The molecule has 3 nitrogen and oxygen atoms in total. The Morgan fingerprint density at radius 1 is 0.897 bits per heavy atom. The molecule has 0 bridgehead atoms. The van der Waals surface area contributed by atoms with Gasteiger partial charge in [0.05, 0.1) is 23.3 Å². The highest BCUT2D eigenvalue weighted by Crippen LogP contribution is 2.49. The van der Waals surface area contributed by atoms with Gasteiger partial charge in [0.15, 0.2) is 5.78 Å². The Morgan fingerprint density at radius 3 is 2.10 bits per heavy atom. The van der Waals surface area contributed by atoms with Gasteiger partial charge in [-0.1, -0.05) is 12.1 Å². The molecule has 0 N–H and O–H groups in total. The van der Waals surface area contributed by atoms with Crippen LogP contribution in [0.1, 0.15) is 66.9 Å². The van der Waals surface area contributed by atoms with Crippen LogP contribution in [-0.2, 0) is 21.9 Å². The smallest absolute Gasteiger partial charge is 0.374 e. The standard InChI is InChI=1S/C29H28F7NO2/c1-16(19-10-20(28(31,32)33)12-21(11-19)29(34,35)36)39-26-9-4-18-14-37(23-7-8-24(38)13-23)15-25(18)27(26)17-2-5-22(30)6-3-17/h2-3,5-6,10-13,16,18,25-27H,4,7-9,14-15H2,1H3/t16-,18?,25?,26+,27+/m1/s1. The van der Waals surface area contributed by atoms with Crippen LogP contribution in [-0.4, -0.2) is 29.9 Å². The summed E-state index contributed by atoms with van der Waals surface area (Å²) < 4.78 is 101. The third-order valence-corrected chi connectivity index (χ3v) is 8.25. The molecular formula is C29H28F7NO2. The number of fused-ring (bicyclic) bond motifs is 1. The molecule has 1 aliphatic heterocycles. The number of hydrogen-bond acceptors (Lipinski definition) is 3. The first-order valence-electron chi connectivity index (χ1n) is 13.0. The zero-order chi connectivity index (χ0) is 28.1. The summed E-state index contributed by atoms with van der Waals surface area (Å²) in [6.07, 6.45) is -7.33. The largest absolute Gasteiger partial charge is 0.416 e. The monoisotopic (exact) mass is 555 g/mol. The van der Waals surface area contributed by atoms with Gasteiger partial charge in [0, 0.05) is 37.2 Å². The van der Waals surface area contributed by atoms with Crippen molar-refractivity contribution in [3.63, 3.8) is 0 Å². The van der Waals surface area contributed by atoms with E-state index in [9.17, 15) is 35.5 Å². The van der Waals surface area contributed by atoms with Gasteiger partial charge < -0.3 is 9.64 Å². The van der Waals surface area contributed by atoms with Crippen LogP contribution in [0.15, 0.2) is 54.2 Å². The molecule has 2 aliphatic carbocycles. The van der Waals surface area contributed by atoms with Crippen molar-refractivity contribution in [2.45, 2.75) is 63.1 Å². The maximum absolute atomic E-state index is 13.8. The van der Waals surface area contributed by atoms with Crippen LogP contribution >= 0.6 is 0 Å². The maximum atomic E-state index is 13.8. The van der Waals surface area contributed by atoms with Gasteiger partial charge in [-0.05, 0) is 79.5 Å². The molecule has 210 valence electrons. The van der Waals surface area contributed by atoms with Gasteiger partial charge in [-0.25, -0.2) is 4.39 Å². The number of halogens is 7. The van der Waals surface area contributed by atoms with Crippen LogP contribution in [0.25, 0.3) is 0 Å². The number of carbonyl (C=O) groups excluding carboxylic acids is 1. The molecule has 2 aromatic rings. The first-order valence-corrected chi connectivity index (χ1v) is 13.0. The van der Waals surface area contributed by atoms with Gasteiger partial charge in [0.25, 0.3) is 0 Å². The van der Waals surface area contributed by atoms with Crippen molar-refractivity contribution in [3.05, 3.63) is 82.3 Å². The molecular weight excluding hydrogens is 527 g/mol. The van der Waals surface area contributed by atoms with Crippen LogP contribution in [0.5, 0.6) is 0 Å². The molecule has 2 unspecified atom stereocenters. The van der Waals surface area contributed by atoms with Crippen molar-refractivity contribution >= 4 is 5.78 Å². The third kappa shape index (κ3) is 5.85. The molecule has 1 saturated heterocycles. The molecule has 0 aromatic heterocycles. The molecule has 0 radical (unpaired) electrons. The molecule has 5 rings (SSSR count). The van der Waals surface area contributed by atoms with Gasteiger partial charge in [0.1, 0.15) is 5.82 Å². The minimum absolute atomic E-state index is 0.0604. The van der Waals surface area contributed by atoms with E-state index in [-0.39, 0.29) is 35.2 Å². The van der Waals surface area contributed by atoms with Crippen LogP contribution in [0.2, 0.25) is 0 Å². The van der Waals surface area contributed by atoms with E-state index >= 15 is 0 Å². The molecule has 0 amide bonds. The van der Waals surface area contributed by atoms with Gasteiger partial charge in [-0.2, -0.15) is 26.3 Å². The van der Waals surface area contributed by atoms with E-state index < -0.39 is 41.5 Å². The van der Waals surface area contributed by atoms with Gasteiger partial charge >= 0.3 is 12.4 Å². The number of ketones is 1. The van der Waals surface area contributed by atoms with E-state index in [0.29, 0.717) is 37.9 Å². The van der Waals surface area contributed by atoms with Crippen molar-refractivity contribution < 1.29 is 40.3 Å². The SMILES string of the molecule is C[C@@H](O[C@H]1CCC2CN(C3=CC(=O)CC3)CC2[C@@H]1c1ccc(F)cc1)c1cc(C(F)(F)F)cc(C(F)(F)F)c1. The number of nitrogens with zero attached hydrogens (tertiary/aromatic N) is 1. The average Bonchev–Trinajstić information content (AvgIpc) is 3.49. The van der Waals surface area contributed by atoms with Gasteiger partial charge in [-0.15, -0.1) is 0 Å². The summed E-state index contributed by atoms with van der Waals surface area (Å²) in [7, 11) is 0. The molecule has 5 atom stereocenters. The third-order valence-electron chi connectivity index (χ3n) is 8.25. The van der Waals surface area contributed by atoms with Crippen LogP contribution in [0.4, 0.5) is 30.7 Å². The molecule has 10 heteroatoms. The fourth-order valence-corrected chi connectivity index (χ4v) is 6.36. The fourth-order valence-electron chi connectivity index (χ4n) is 6.36. The lowest BCUT2D eigenvalue weighted by molar-refractivity contribution is -0.143. The van der Waals surface area contributed by atoms with Crippen molar-refractivity contribution in [1.82, 2.24) is 4.90 Å². The highest BCUT2D eigenvalue weighted by atomic mass is 19.4. The summed E-state index contributed by atoms with van der Waals surface area (Å²) in [4.78, 5) is 14.0. The predicted molar refractivity (Wildman–Crippen MR) is 129 cm³/mol. The zero-order valence-corrected chi connectivity index (χ0v) is 21.2. The Kier molecular flexibility index (Phi) is 7.28. The van der Waals surface area contributed by atoms with Crippen LogP contribution in [0.3, 0.4) is 0 Å². The normalized spacial score (nSPS) is 26.5. The van der Waals surface area contributed by atoms with Crippen LogP contribution < -0.4 is 0 Å². The average molecular weight is 556 g/mol. The minimum atomic E-state index is -4.95. The number of allylic oxidation sites excluding steroid dienone is 2. The quantitative estimate of drug-likeness (QED) is 0.355. The summed E-state index contributed by atoms with van der Waals surface area (Å²) >= 11 is 0.